The lowest BCUT2D eigenvalue weighted by Crippen LogP contribution is -2.44. The van der Waals surface area contributed by atoms with Crippen molar-refractivity contribution in [2.24, 2.45) is 5.92 Å². The number of rotatable bonds is 6. The zero-order chi connectivity index (χ0) is 15.9. The highest BCUT2D eigenvalue weighted by Gasteiger charge is 2.29. The highest BCUT2D eigenvalue weighted by Crippen LogP contribution is 2.28. The normalized spacial score (nSPS) is 13.1. The highest BCUT2D eigenvalue weighted by atomic mass is 16.5. The summed E-state index contributed by atoms with van der Waals surface area (Å²) < 4.78 is 10.1. The molecule has 1 aromatic rings. The summed E-state index contributed by atoms with van der Waals surface area (Å²) in [6, 6.07) is 6.25. The van der Waals surface area contributed by atoms with E-state index in [0.29, 0.717) is 17.9 Å². The number of esters is 1. The molecule has 118 valence electrons. The Balaban J connectivity index is 1.72. The summed E-state index contributed by atoms with van der Waals surface area (Å²) in [6.45, 7) is 1.81. The quantitative estimate of drug-likeness (QED) is 0.599. The summed E-state index contributed by atoms with van der Waals surface area (Å²) in [5.41, 5.74) is 5.03. The molecule has 2 amide bonds. The summed E-state index contributed by atoms with van der Waals surface area (Å²) in [6.07, 6.45) is 1.73. The minimum atomic E-state index is -0.455. The Kier molecular flexibility index (Phi) is 5.35. The van der Waals surface area contributed by atoms with Gasteiger partial charge in [0.25, 0.3) is 5.91 Å². The molecule has 1 fully saturated rings. The summed E-state index contributed by atoms with van der Waals surface area (Å²) in [7, 11) is 0. The average molecular weight is 306 g/mol. The second kappa shape index (κ2) is 7.44. The lowest BCUT2D eigenvalue weighted by Gasteiger charge is -2.09. The van der Waals surface area contributed by atoms with Gasteiger partial charge in [-0.05, 0) is 44.0 Å². The molecular weight excluding hydrogens is 288 g/mol. The van der Waals surface area contributed by atoms with Crippen molar-refractivity contribution in [1.29, 1.82) is 0 Å². The Morgan fingerprint density at radius 1 is 1.14 bits per heavy atom. The lowest BCUT2D eigenvalue weighted by molar-refractivity contribution is -0.130. The molecule has 0 atom stereocenters. The molecule has 0 bridgehead atoms. The summed E-state index contributed by atoms with van der Waals surface area (Å²) in [5, 5.41) is 0. The van der Waals surface area contributed by atoms with Crippen LogP contribution >= 0.6 is 0 Å². The number of nitrogens with one attached hydrogen (secondary N) is 2. The van der Waals surface area contributed by atoms with Gasteiger partial charge in [-0.3, -0.25) is 20.4 Å². The van der Waals surface area contributed by atoms with Crippen LogP contribution in [0.5, 0.6) is 5.75 Å². The van der Waals surface area contributed by atoms with Gasteiger partial charge < -0.3 is 9.47 Å². The second-order valence-electron chi connectivity index (χ2n) is 4.85. The summed E-state index contributed by atoms with van der Waals surface area (Å²) in [5.74, 6) is -0.571. The predicted molar refractivity (Wildman–Crippen MR) is 76.9 cm³/mol. The van der Waals surface area contributed by atoms with Crippen molar-refractivity contribution >= 4 is 17.8 Å². The van der Waals surface area contributed by atoms with Crippen LogP contribution in [0.2, 0.25) is 0 Å². The number of carbonyl (C=O) groups is 3. The van der Waals surface area contributed by atoms with Crippen LogP contribution < -0.4 is 15.6 Å². The molecule has 1 aliphatic carbocycles. The van der Waals surface area contributed by atoms with Gasteiger partial charge in [-0.15, -0.1) is 0 Å². The van der Waals surface area contributed by atoms with Crippen molar-refractivity contribution in [3.63, 3.8) is 0 Å². The van der Waals surface area contributed by atoms with Gasteiger partial charge in [0.05, 0.1) is 12.2 Å². The van der Waals surface area contributed by atoms with E-state index in [4.69, 9.17) is 9.47 Å². The van der Waals surface area contributed by atoms with E-state index < -0.39 is 11.9 Å². The van der Waals surface area contributed by atoms with Crippen LogP contribution in [0.4, 0.5) is 0 Å². The van der Waals surface area contributed by atoms with Crippen LogP contribution in [0.25, 0.3) is 0 Å². The molecule has 2 rings (SSSR count). The molecule has 7 nitrogen and oxygen atoms in total. The zero-order valence-corrected chi connectivity index (χ0v) is 12.3. The first-order chi connectivity index (χ1) is 10.6. The van der Waals surface area contributed by atoms with Gasteiger partial charge >= 0.3 is 5.97 Å². The number of amides is 2. The van der Waals surface area contributed by atoms with E-state index in [9.17, 15) is 14.4 Å². The highest BCUT2D eigenvalue weighted by molar-refractivity contribution is 5.89. The van der Waals surface area contributed by atoms with Gasteiger partial charge in [0.1, 0.15) is 5.75 Å². The van der Waals surface area contributed by atoms with Crippen LogP contribution in [0.1, 0.15) is 30.1 Å². The molecule has 1 aromatic carbocycles. The van der Waals surface area contributed by atoms with E-state index in [1.807, 2.05) is 0 Å². The maximum absolute atomic E-state index is 11.5. The maximum Gasteiger partial charge on any atom is 0.338 e. The Bertz CT molecular complexity index is 552. The van der Waals surface area contributed by atoms with Crippen molar-refractivity contribution in [2.45, 2.75) is 19.8 Å². The third kappa shape index (κ3) is 4.76. The molecule has 0 unspecified atom stereocenters. The van der Waals surface area contributed by atoms with Crippen molar-refractivity contribution in [1.82, 2.24) is 10.9 Å². The van der Waals surface area contributed by atoms with Gasteiger partial charge in [0.2, 0.25) is 5.91 Å². The molecular formula is C15H18N2O5. The third-order valence-electron chi connectivity index (χ3n) is 3.01. The van der Waals surface area contributed by atoms with Crippen molar-refractivity contribution in [3.05, 3.63) is 29.8 Å². The smallest absolute Gasteiger partial charge is 0.338 e. The minimum absolute atomic E-state index is 0.0247. The molecule has 7 heteroatoms. The second-order valence-corrected chi connectivity index (χ2v) is 4.85. The SMILES string of the molecule is CCOC(=O)c1ccc(OCC(=O)NNC(=O)C2CC2)cc1. The molecule has 1 saturated carbocycles. The fraction of sp³-hybridized carbons (Fsp3) is 0.400. The van der Waals surface area contributed by atoms with E-state index in [1.165, 1.54) is 0 Å². The molecule has 2 N–H and O–H groups in total. The first kappa shape index (κ1) is 15.8. The number of benzene rings is 1. The molecule has 0 heterocycles. The molecule has 22 heavy (non-hydrogen) atoms. The summed E-state index contributed by atoms with van der Waals surface area (Å²) in [4.78, 5) is 34.3. The van der Waals surface area contributed by atoms with E-state index in [2.05, 4.69) is 10.9 Å². The first-order valence-corrected chi connectivity index (χ1v) is 7.09. The zero-order valence-electron chi connectivity index (χ0n) is 12.3. The number of hydrogen-bond acceptors (Lipinski definition) is 5. The molecule has 0 aromatic heterocycles. The van der Waals surface area contributed by atoms with Crippen LogP contribution in [-0.2, 0) is 14.3 Å². The van der Waals surface area contributed by atoms with Crippen LogP contribution in [0, 0.1) is 5.92 Å². The Hall–Kier alpha value is -2.57. The fourth-order valence-corrected chi connectivity index (χ4v) is 1.67. The molecule has 0 aliphatic heterocycles. The van der Waals surface area contributed by atoms with Crippen molar-refractivity contribution < 1.29 is 23.9 Å². The number of carbonyl (C=O) groups excluding carboxylic acids is 3. The van der Waals surface area contributed by atoms with Crippen molar-refractivity contribution in [2.75, 3.05) is 13.2 Å². The largest absolute Gasteiger partial charge is 0.484 e. The predicted octanol–water partition coefficient (Wildman–Crippen LogP) is 0.799. The topological polar surface area (TPSA) is 93.7 Å². The summed E-state index contributed by atoms with van der Waals surface area (Å²) >= 11 is 0. The average Bonchev–Trinajstić information content (AvgIpc) is 3.36. The molecule has 0 saturated heterocycles. The van der Waals surface area contributed by atoms with Gasteiger partial charge in [-0.1, -0.05) is 0 Å². The van der Waals surface area contributed by atoms with E-state index in [0.717, 1.165) is 12.8 Å². The number of hydrogen-bond donors (Lipinski definition) is 2. The molecule has 0 spiro atoms. The third-order valence-corrected chi connectivity index (χ3v) is 3.01. The lowest BCUT2D eigenvalue weighted by atomic mass is 10.2. The Morgan fingerprint density at radius 2 is 1.82 bits per heavy atom. The minimum Gasteiger partial charge on any atom is -0.484 e. The molecule has 1 aliphatic rings. The number of hydrazine groups is 1. The van der Waals surface area contributed by atoms with Gasteiger partial charge in [-0.25, -0.2) is 4.79 Å². The Labute approximate surface area is 127 Å². The van der Waals surface area contributed by atoms with Crippen LogP contribution in [-0.4, -0.2) is 31.0 Å². The van der Waals surface area contributed by atoms with Gasteiger partial charge in [-0.2, -0.15) is 0 Å². The Morgan fingerprint density at radius 3 is 2.41 bits per heavy atom. The van der Waals surface area contributed by atoms with Gasteiger partial charge in [0, 0.05) is 5.92 Å². The van der Waals surface area contributed by atoms with E-state index in [1.54, 1.807) is 31.2 Å². The van der Waals surface area contributed by atoms with Gasteiger partial charge in [0.15, 0.2) is 6.61 Å². The first-order valence-electron chi connectivity index (χ1n) is 7.09. The van der Waals surface area contributed by atoms with E-state index in [-0.39, 0.29) is 18.4 Å². The fourth-order valence-electron chi connectivity index (χ4n) is 1.67. The number of ether oxygens (including phenoxy) is 2. The van der Waals surface area contributed by atoms with Crippen molar-refractivity contribution in [3.8, 4) is 5.75 Å². The van der Waals surface area contributed by atoms with Crippen LogP contribution in [0.15, 0.2) is 24.3 Å². The maximum atomic E-state index is 11.5. The molecule has 0 radical (unpaired) electrons. The standard InChI is InChI=1S/C15H18N2O5/c1-2-21-15(20)11-5-7-12(8-6-11)22-9-13(18)16-17-14(19)10-3-4-10/h5-8,10H,2-4,9H2,1H3,(H,16,18)(H,17,19). The monoisotopic (exact) mass is 306 g/mol. The van der Waals surface area contributed by atoms with Crippen LogP contribution in [0.3, 0.4) is 0 Å². The van der Waals surface area contributed by atoms with E-state index >= 15 is 0 Å².